The van der Waals surface area contributed by atoms with Gasteiger partial charge in [0.05, 0.1) is 18.4 Å². The van der Waals surface area contributed by atoms with Crippen molar-refractivity contribution in [3.63, 3.8) is 0 Å². The predicted octanol–water partition coefficient (Wildman–Crippen LogP) is 2.01. The van der Waals surface area contributed by atoms with Gasteiger partial charge in [-0.15, -0.1) is 0 Å². The smallest absolute Gasteiger partial charge is 0.274 e. The van der Waals surface area contributed by atoms with Crippen molar-refractivity contribution < 1.29 is 9.59 Å². The number of carbonyl (C=O) groups excluding carboxylic acids is 2. The van der Waals surface area contributed by atoms with E-state index in [-0.39, 0.29) is 18.0 Å². The maximum absolute atomic E-state index is 12.9. The molecule has 0 bridgehead atoms. The van der Waals surface area contributed by atoms with Gasteiger partial charge in [-0.1, -0.05) is 6.07 Å². The normalized spacial score (nSPS) is 21.8. The van der Waals surface area contributed by atoms with Crippen LogP contribution in [0.3, 0.4) is 0 Å². The van der Waals surface area contributed by atoms with Gasteiger partial charge >= 0.3 is 0 Å². The van der Waals surface area contributed by atoms with Crippen molar-refractivity contribution in [3.8, 4) is 0 Å². The van der Waals surface area contributed by atoms with E-state index in [9.17, 15) is 9.59 Å². The van der Waals surface area contributed by atoms with Crippen LogP contribution in [0.1, 0.15) is 41.4 Å². The number of pyridine rings is 1. The van der Waals surface area contributed by atoms with Gasteiger partial charge in [-0.3, -0.25) is 4.79 Å². The van der Waals surface area contributed by atoms with Crippen LogP contribution >= 0.6 is 0 Å². The molecule has 0 saturated carbocycles. The Morgan fingerprint density at radius 2 is 1.80 bits per heavy atom. The first-order valence-electron chi connectivity index (χ1n) is 10.5. The van der Waals surface area contributed by atoms with E-state index in [0.717, 1.165) is 49.2 Å². The first-order valence-corrected chi connectivity index (χ1v) is 10.5. The molecule has 0 aromatic carbocycles. The third-order valence-corrected chi connectivity index (χ3v) is 6.05. The largest absolute Gasteiger partial charge is 0.353 e. The van der Waals surface area contributed by atoms with E-state index in [1.807, 2.05) is 22.9 Å². The molecule has 0 aliphatic carbocycles. The van der Waals surface area contributed by atoms with E-state index in [1.54, 1.807) is 6.20 Å². The van der Waals surface area contributed by atoms with Crippen molar-refractivity contribution in [2.45, 2.75) is 45.7 Å². The van der Waals surface area contributed by atoms with Crippen LogP contribution in [0.4, 0.5) is 11.6 Å². The summed E-state index contributed by atoms with van der Waals surface area (Å²) in [5.41, 5.74) is 2.64. The molecule has 2 unspecified atom stereocenters. The summed E-state index contributed by atoms with van der Waals surface area (Å²) in [7, 11) is 0. The molecule has 158 valence electrons. The molecule has 0 radical (unpaired) electrons. The molecular weight excluding hydrogens is 380 g/mol. The van der Waals surface area contributed by atoms with Crippen molar-refractivity contribution in [2.75, 3.05) is 36.0 Å². The Kier molecular flexibility index (Phi) is 5.65. The predicted molar refractivity (Wildman–Crippen MR) is 115 cm³/mol. The molecular formula is C22H28N6O2. The molecule has 30 heavy (non-hydrogen) atoms. The molecule has 4 heterocycles. The van der Waals surface area contributed by atoms with Crippen LogP contribution in [-0.4, -0.2) is 70.3 Å². The summed E-state index contributed by atoms with van der Waals surface area (Å²) in [4.78, 5) is 43.6. The van der Waals surface area contributed by atoms with Gasteiger partial charge in [-0.05, 0) is 44.7 Å². The third-order valence-electron chi connectivity index (χ3n) is 6.05. The number of aryl methyl sites for hydroxylation is 2. The first kappa shape index (κ1) is 20.3. The quantitative estimate of drug-likeness (QED) is 0.716. The fourth-order valence-electron chi connectivity index (χ4n) is 4.43. The standard InChI is InChI=1S/C22H28N6O2/c1-15-10-16(2)21(25-11-15)26-6-8-27(9-7-26)22(30)19-12-24-20(13-23-19)28-17(3)4-5-18(28)14-29/h10-14,17-18H,4-9H2,1-3H3. The number of hydrogen-bond acceptors (Lipinski definition) is 7. The van der Waals surface area contributed by atoms with Gasteiger partial charge in [0.1, 0.15) is 23.6 Å². The molecule has 0 N–H and O–H groups in total. The Bertz CT molecular complexity index is 924. The fourth-order valence-corrected chi connectivity index (χ4v) is 4.43. The van der Waals surface area contributed by atoms with E-state index in [2.05, 4.69) is 39.8 Å². The molecule has 2 atom stereocenters. The van der Waals surface area contributed by atoms with Gasteiger partial charge in [-0.25, -0.2) is 15.0 Å². The zero-order valence-corrected chi connectivity index (χ0v) is 17.8. The summed E-state index contributed by atoms with van der Waals surface area (Å²) >= 11 is 0. The van der Waals surface area contributed by atoms with Crippen LogP contribution in [-0.2, 0) is 4.79 Å². The lowest BCUT2D eigenvalue weighted by Crippen LogP contribution is -2.49. The number of aromatic nitrogens is 3. The highest BCUT2D eigenvalue weighted by Crippen LogP contribution is 2.27. The summed E-state index contributed by atoms with van der Waals surface area (Å²) < 4.78 is 0. The van der Waals surface area contributed by atoms with E-state index in [0.29, 0.717) is 24.6 Å². The van der Waals surface area contributed by atoms with Crippen LogP contribution in [0.25, 0.3) is 0 Å². The first-order chi connectivity index (χ1) is 14.5. The SMILES string of the molecule is Cc1cnc(N2CCN(C(=O)c3cnc(N4C(C)CCC4C=O)cn3)CC2)c(C)c1. The molecule has 8 nitrogen and oxygen atoms in total. The van der Waals surface area contributed by atoms with E-state index in [4.69, 9.17) is 0 Å². The van der Waals surface area contributed by atoms with Crippen molar-refractivity contribution in [1.29, 1.82) is 0 Å². The number of nitrogens with zero attached hydrogens (tertiary/aromatic N) is 6. The second kappa shape index (κ2) is 8.38. The van der Waals surface area contributed by atoms with E-state index in [1.165, 1.54) is 6.20 Å². The molecule has 2 aliphatic heterocycles. The van der Waals surface area contributed by atoms with Gasteiger partial charge in [0.15, 0.2) is 0 Å². The number of anilines is 2. The van der Waals surface area contributed by atoms with E-state index < -0.39 is 0 Å². The zero-order valence-electron chi connectivity index (χ0n) is 17.8. The Labute approximate surface area is 176 Å². The number of carbonyl (C=O) groups is 2. The van der Waals surface area contributed by atoms with Crippen molar-refractivity contribution in [1.82, 2.24) is 19.9 Å². The topological polar surface area (TPSA) is 82.5 Å². The minimum Gasteiger partial charge on any atom is -0.353 e. The summed E-state index contributed by atoms with van der Waals surface area (Å²) in [6.07, 6.45) is 7.77. The maximum atomic E-state index is 12.9. The second-order valence-electron chi connectivity index (χ2n) is 8.23. The Hall–Kier alpha value is -3.03. The highest BCUT2D eigenvalue weighted by atomic mass is 16.2. The number of amides is 1. The maximum Gasteiger partial charge on any atom is 0.274 e. The molecule has 0 spiro atoms. The minimum atomic E-state index is -0.164. The van der Waals surface area contributed by atoms with Crippen LogP contribution in [0.5, 0.6) is 0 Å². The zero-order chi connectivity index (χ0) is 21.3. The van der Waals surface area contributed by atoms with Crippen LogP contribution in [0.2, 0.25) is 0 Å². The minimum absolute atomic E-state index is 0.108. The van der Waals surface area contributed by atoms with Crippen LogP contribution in [0, 0.1) is 13.8 Å². The summed E-state index contributed by atoms with van der Waals surface area (Å²) in [6.45, 7) is 8.90. The molecule has 8 heteroatoms. The number of aldehydes is 1. The monoisotopic (exact) mass is 408 g/mol. The molecule has 2 aliphatic rings. The second-order valence-corrected chi connectivity index (χ2v) is 8.23. The molecule has 2 saturated heterocycles. The molecule has 2 aromatic rings. The van der Waals surface area contributed by atoms with Gasteiger partial charge in [0.25, 0.3) is 5.91 Å². The Morgan fingerprint density at radius 1 is 1.03 bits per heavy atom. The van der Waals surface area contributed by atoms with Gasteiger partial charge in [-0.2, -0.15) is 0 Å². The molecule has 4 rings (SSSR count). The lowest BCUT2D eigenvalue weighted by atomic mass is 10.2. The number of hydrogen-bond donors (Lipinski definition) is 0. The Balaban J connectivity index is 1.40. The fraction of sp³-hybridized carbons (Fsp3) is 0.500. The Morgan fingerprint density at radius 3 is 2.43 bits per heavy atom. The summed E-state index contributed by atoms with van der Waals surface area (Å²) in [5, 5.41) is 0. The van der Waals surface area contributed by atoms with Crippen LogP contribution < -0.4 is 9.80 Å². The highest BCUT2D eigenvalue weighted by molar-refractivity contribution is 5.92. The lowest BCUT2D eigenvalue weighted by molar-refractivity contribution is -0.108. The van der Waals surface area contributed by atoms with Gasteiger partial charge < -0.3 is 19.5 Å². The molecule has 2 fully saturated rings. The summed E-state index contributed by atoms with van der Waals surface area (Å²) in [6, 6.07) is 2.21. The average Bonchev–Trinajstić information content (AvgIpc) is 3.14. The summed E-state index contributed by atoms with van der Waals surface area (Å²) in [5.74, 6) is 1.53. The van der Waals surface area contributed by atoms with Crippen LogP contribution in [0.15, 0.2) is 24.7 Å². The van der Waals surface area contributed by atoms with Gasteiger partial charge in [0, 0.05) is 38.4 Å². The van der Waals surface area contributed by atoms with E-state index >= 15 is 0 Å². The van der Waals surface area contributed by atoms with Crippen molar-refractivity contribution in [2.24, 2.45) is 0 Å². The third kappa shape index (κ3) is 3.86. The molecule has 2 aromatic heterocycles. The van der Waals surface area contributed by atoms with Crippen molar-refractivity contribution >= 4 is 23.8 Å². The number of piperazine rings is 1. The highest BCUT2D eigenvalue weighted by Gasteiger charge is 2.32. The van der Waals surface area contributed by atoms with Gasteiger partial charge in [0.2, 0.25) is 0 Å². The average molecular weight is 409 g/mol. The molecule has 1 amide bonds. The van der Waals surface area contributed by atoms with Crippen molar-refractivity contribution in [3.05, 3.63) is 41.5 Å². The number of rotatable bonds is 4. The lowest BCUT2D eigenvalue weighted by Gasteiger charge is -2.36.